The minimum atomic E-state index is -0.385. The van der Waals surface area contributed by atoms with Crippen LogP contribution in [0.3, 0.4) is 0 Å². The molecule has 4 rings (SSSR count). The number of H-pyrrole nitrogens is 1. The van der Waals surface area contributed by atoms with Crippen LogP contribution in [0.15, 0.2) is 42.7 Å². The summed E-state index contributed by atoms with van der Waals surface area (Å²) in [4.78, 5) is 17.1. The van der Waals surface area contributed by atoms with E-state index in [0.717, 1.165) is 11.3 Å². The van der Waals surface area contributed by atoms with Gasteiger partial charge in [0.1, 0.15) is 23.7 Å². The molecule has 0 unspecified atom stereocenters. The van der Waals surface area contributed by atoms with Crippen molar-refractivity contribution in [3.63, 3.8) is 0 Å². The van der Waals surface area contributed by atoms with E-state index in [4.69, 9.17) is 21.1 Å². The predicted octanol–water partition coefficient (Wildman–Crippen LogP) is 2.05. The zero-order valence-electron chi connectivity index (χ0n) is 16.5. The van der Waals surface area contributed by atoms with Crippen LogP contribution in [0.1, 0.15) is 16.2 Å². The molecule has 1 amide bonds. The van der Waals surface area contributed by atoms with Gasteiger partial charge in [0.15, 0.2) is 5.82 Å². The number of nitrogens with one attached hydrogen (secondary N) is 2. The van der Waals surface area contributed by atoms with Crippen molar-refractivity contribution in [3.05, 3.63) is 59.1 Å². The Morgan fingerprint density at radius 3 is 2.68 bits per heavy atom. The summed E-state index contributed by atoms with van der Waals surface area (Å²) in [6, 6.07) is 10.4. The normalized spacial score (nSPS) is 10.7. The molecule has 158 valence electrons. The zero-order chi connectivity index (χ0) is 21.8. The standard InChI is InChI=1S/C19H17ClN8O3/c1-30-12-5-3-11(4-6-12)18-23-17(24-25-18)9-21-19(29)13-7-14(20)15(8-16(13)31-2)28-10-22-26-27-28/h3-8,10H,9H2,1-2H3,(H,21,29)(H,23,24,25). The van der Waals surface area contributed by atoms with Gasteiger partial charge in [0, 0.05) is 11.6 Å². The molecule has 0 spiro atoms. The fourth-order valence-corrected chi connectivity index (χ4v) is 3.09. The Bertz CT molecular complexity index is 1190. The minimum Gasteiger partial charge on any atom is -0.497 e. The molecule has 0 bridgehead atoms. The number of ether oxygens (including phenoxy) is 2. The molecule has 0 aliphatic rings. The van der Waals surface area contributed by atoms with Crippen LogP contribution in [0.4, 0.5) is 0 Å². The summed E-state index contributed by atoms with van der Waals surface area (Å²) in [5.74, 6) is 1.69. The highest BCUT2D eigenvalue weighted by Crippen LogP contribution is 2.29. The molecule has 0 saturated heterocycles. The van der Waals surface area contributed by atoms with Gasteiger partial charge < -0.3 is 14.8 Å². The van der Waals surface area contributed by atoms with Crippen LogP contribution < -0.4 is 14.8 Å². The summed E-state index contributed by atoms with van der Waals surface area (Å²) >= 11 is 6.31. The summed E-state index contributed by atoms with van der Waals surface area (Å²) < 4.78 is 11.9. The van der Waals surface area contributed by atoms with Crippen LogP contribution in [-0.4, -0.2) is 55.5 Å². The number of carbonyl (C=O) groups is 1. The van der Waals surface area contributed by atoms with E-state index in [1.807, 2.05) is 24.3 Å². The summed E-state index contributed by atoms with van der Waals surface area (Å²) in [5.41, 5.74) is 1.57. The Hall–Kier alpha value is -3.99. The van der Waals surface area contributed by atoms with Gasteiger partial charge in [-0.1, -0.05) is 11.6 Å². The molecular weight excluding hydrogens is 424 g/mol. The summed E-state index contributed by atoms with van der Waals surface area (Å²) in [6.45, 7) is 0.136. The van der Waals surface area contributed by atoms with Crippen LogP contribution in [-0.2, 0) is 6.54 Å². The Balaban J connectivity index is 1.47. The number of hydrogen-bond donors (Lipinski definition) is 2. The average Bonchev–Trinajstić information content (AvgIpc) is 3.50. The van der Waals surface area contributed by atoms with Crippen molar-refractivity contribution in [3.8, 4) is 28.6 Å². The van der Waals surface area contributed by atoms with Gasteiger partial charge in [-0.15, -0.1) is 5.10 Å². The van der Waals surface area contributed by atoms with E-state index in [0.29, 0.717) is 28.1 Å². The molecule has 0 aliphatic carbocycles. The molecule has 11 nitrogen and oxygen atoms in total. The highest BCUT2D eigenvalue weighted by atomic mass is 35.5. The van der Waals surface area contributed by atoms with Gasteiger partial charge in [-0.3, -0.25) is 9.89 Å². The molecule has 0 fully saturated rings. The van der Waals surface area contributed by atoms with Crippen molar-refractivity contribution in [2.24, 2.45) is 0 Å². The summed E-state index contributed by atoms with van der Waals surface area (Å²) in [7, 11) is 3.06. The number of benzene rings is 2. The third-order valence-electron chi connectivity index (χ3n) is 4.41. The van der Waals surface area contributed by atoms with Crippen molar-refractivity contribution >= 4 is 17.5 Å². The lowest BCUT2D eigenvalue weighted by Gasteiger charge is -2.12. The first-order valence-electron chi connectivity index (χ1n) is 9.04. The molecule has 2 aromatic heterocycles. The first kappa shape index (κ1) is 20.3. The Morgan fingerprint density at radius 2 is 2.00 bits per heavy atom. The molecule has 12 heteroatoms. The molecule has 2 heterocycles. The number of carbonyl (C=O) groups excluding carboxylic acids is 1. The van der Waals surface area contributed by atoms with E-state index >= 15 is 0 Å². The number of aromatic amines is 1. The molecule has 31 heavy (non-hydrogen) atoms. The maximum Gasteiger partial charge on any atom is 0.255 e. The molecule has 0 aliphatic heterocycles. The van der Waals surface area contributed by atoms with Gasteiger partial charge in [0.2, 0.25) is 0 Å². The maximum absolute atomic E-state index is 12.7. The zero-order valence-corrected chi connectivity index (χ0v) is 17.3. The maximum atomic E-state index is 12.7. The van der Waals surface area contributed by atoms with E-state index in [-0.39, 0.29) is 18.0 Å². The van der Waals surface area contributed by atoms with Crippen LogP contribution >= 0.6 is 11.6 Å². The number of halogens is 1. The van der Waals surface area contributed by atoms with Crippen molar-refractivity contribution in [2.45, 2.75) is 6.54 Å². The van der Waals surface area contributed by atoms with Crippen molar-refractivity contribution in [2.75, 3.05) is 14.2 Å². The number of aromatic nitrogens is 7. The van der Waals surface area contributed by atoms with Gasteiger partial charge >= 0.3 is 0 Å². The third kappa shape index (κ3) is 4.31. The number of nitrogens with zero attached hydrogens (tertiary/aromatic N) is 6. The third-order valence-corrected chi connectivity index (χ3v) is 4.71. The van der Waals surface area contributed by atoms with Crippen molar-refractivity contribution in [1.82, 2.24) is 40.7 Å². The van der Waals surface area contributed by atoms with Crippen LogP contribution in [0.5, 0.6) is 11.5 Å². The second kappa shape index (κ2) is 8.79. The summed E-state index contributed by atoms with van der Waals surface area (Å²) in [5, 5.41) is 21.0. The van der Waals surface area contributed by atoms with Crippen LogP contribution in [0, 0.1) is 0 Å². The Labute approximate surface area is 181 Å². The van der Waals surface area contributed by atoms with Crippen molar-refractivity contribution in [1.29, 1.82) is 0 Å². The number of amides is 1. The first-order chi connectivity index (χ1) is 15.1. The quantitative estimate of drug-likeness (QED) is 0.446. The predicted molar refractivity (Wildman–Crippen MR) is 110 cm³/mol. The fourth-order valence-electron chi connectivity index (χ4n) is 2.84. The number of tetrazole rings is 1. The van der Waals surface area contributed by atoms with Gasteiger partial charge in [0.05, 0.1) is 37.0 Å². The lowest BCUT2D eigenvalue weighted by atomic mass is 10.1. The van der Waals surface area contributed by atoms with Gasteiger partial charge in [-0.05, 0) is 40.8 Å². The number of methoxy groups -OCH3 is 2. The molecule has 2 aromatic carbocycles. The Kier molecular flexibility index (Phi) is 5.76. The smallest absolute Gasteiger partial charge is 0.255 e. The fraction of sp³-hybridized carbons (Fsp3) is 0.158. The number of rotatable bonds is 7. The molecule has 0 saturated carbocycles. The van der Waals surface area contributed by atoms with Crippen molar-refractivity contribution < 1.29 is 14.3 Å². The molecule has 4 aromatic rings. The lowest BCUT2D eigenvalue weighted by molar-refractivity contribution is 0.0947. The highest BCUT2D eigenvalue weighted by molar-refractivity contribution is 6.33. The van der Waals surface area contributed by atoms with E-state index in [2.05, 4.69) is 36.0 Å². The Morgan fingerprint density at radius 1 is 1.19 bits per heavy atom. The first-order valence-corrected chi connectivity index (χ1v) is 9.41. The second-order valence-corrected chi connectivity index (χ2v) is 6.68. The second-order valence-electron chi connectivity index (χ2n) is 6.28. The van der Waals surface area contributed by atoms with E-state index in [1.165, 1.54) is 24.2 Å². The lowest BCUT2D eigenvalue weighted by Crippen LogP contribution is -2.24. The van der Waals surface area contributed by atoms with Gasteiger partial charge in [-0.2, -0.15) is 9.78 Å². The largest absolute Gasteiger partial charge is 0.497 e. The molecule has 0 atom stereocenters. The summed E-state index contributed by atoms with van der Waals surface area (Å²) in [6.07, 6.45) is 1.39. The number of hydrogen-bond acceptors (Lipinski definition) is 8. The highest BCUT2D eigenvalue weighted by Gasteiger charge is 2.18. The van der Waals surface area contributed by atoms with Gasteiger partial charge in [0.25, 0.3) is 5.91 Å². The monoisotopic (exact) mass is 440 g/mol. The van der Waals surface area contributed by atoms with Crippen LogP contribution in [0.2, 0.25) is 5.02 Å². The van der Waals surface area contributed by atoms with Gasteiger partial charge in [-0.25, -0.2) is 4.98 Å². The molecule has 2 N–H and O–H groups in total. The molecule has 0 radical (unpaired) electrons. The van der Waals surface area contributed by atoms with E-state index < -0.39 is 0 Å². The van der Waals surface area contributed by atoms with E-state index in [1.54, 1.807) is 13.2 Å². The average molecular weight is 441 g/mol. The van der Waals surface area contributed by atoms with E-state index in [9.17, 15) is 4.79 Å². The minimum absolute atomic E-state index is 0.136. The van der Waals surface area contributed by atoms with Crippen LogP contribution in [0.25, 0.3) is 17.1 Å². The molecular formula is C19H17ClN8O3. The topological polar surface area (TPSA) is 133 Å². The SMILES string of the molecule is COc1ccc(-c2n[nH]c(CNC(=O)c3cc(Cl)c(-n4cnnn4)cc3OC)n2)cc1.